The van der Waals surface area contributed by atoms with Crippen molar-refractivity contribution in [2.24, 2.45) is 0 Å². The fourth-order valence-corrected chi connectivity index (χ4v) is 2.10. The average molecular weight is 277 g/mol. The minimum Gasteiger partial charge on any atom is -0.458 e. The van der Waals surface area contributed by atoms with Crippen molar-refractivity contribution in [2.75, 3.05) is 0 Å². The Labute approximate surface area is 114 Å². The van der Waals surface area contributed by atoms with E-state index in [1.807, 2.05) is 0 Å². The first-order chi connectivity index (χ1) is 9.13. The van der Waals surface area contributed by atoms with Crippen molar-refractivity contribution in [3.8, 4) is 0 Å². The number of aliphatic hydroxyl groups excluding tert-OH is 1. The van der Waals surface area contributed by atoms with Gasteiger partial charge in [-0.05, 0) is 42.0 Å². The van der Waals surface area contributed by atoms with Crippen LogP contribution in [0.4, 0.5) is 4.39 Å². The SMILES string of the molecule is OC(c1ccc(Cl)cc1)c1cc2cc(F)ccc2o1. The maximum absolute atomic E-state index is 13.1. The molecular formula is C15H10ClFO2. The second kappa shape index (κ2) is 4.68. The molecule has 3 aromatic rings. The monoisotopic (exact) mass is 276 g/mol. The molecule has 0 amide bonds. The van der Waals surface area contributed by atoms with Crippen LogP contribution in [0.15, 0.2) is 52.9 Å². The van der Waals surface area contributed by atoms with Crippen molar-refractivity contribution in [1.82, 2.24) is 0 Å². The Morgan fingerprint density at radius 2 is 1.79 bits per heavy atom. The lowest BCUT2D eigenvalue weighted by Crippen LogP contribution is -1.97. The number of halogens is 2. The van der Waals surface area contributed by atoms with Gasteiger partial charge in [-0.15, -0.1) is 0 Å². The Bertz CT molecular complexity index is 719. The third kappa shape index (κ3) is 2.35. The van der Waals surface area contributed by atoms with E-state index in [1.54, 1.807) is 36.4 Å². The zero-order chi connectivity index (χ0) is 13.4. The number of fused-ring (bicyclic) bond motifs is 1. The number of aliphatic hydroxyl groups is 1. The summed E-state index contributed by atoms with van der Waals surface area (Å²) in [6.07, 6.45) is -0.896. The molecule has 3 rings (SSSR count). The van der Waals surface area contributed by atoms with E-state index in [2.05, 4.69) is 0 Å². The molecule has 0 fully saturated rings. The molecule has 96 valence electrons. The normalized spacial score (nSPS) is 12.8. The molecule has 2 aromatic carbocycles. The molecule has 1 unspecified atom stereocenters. The lowest BCUT2D eigenvalue weighted by Gasteiger charge is -2.07. The van der Waals surface area contributed by atoms with E-state index in [4.69, 9.17) is 16.0 Å². The highest BCUT2D eigenvalue weighted by Crippen LogP contribution is 2.29. The van der Waals surface area contributed by atoms with Gasteiger partial charge in [0.05, 0.1) is 0 Å². The Hall–Kier alpha value is -1.84. The fourth-order valence-electron chi connectivity index (χ4n) is 1.98. The molecule has 19 heavy (non-hydrogen) atoms. The van der Waals surface area contributed by atoms with E-state index in [0.717, 1.165) is 0 Å². The fraction of sp³-hybridized carbons (Fsp3) is 0.0667. The van der Waals surface area contributed by atoms with Crippen molar-refractivity contribution in [1.29, 1.82) is 0 Å². The molecule has 1 aromatic heterocycles. The van der Waals surface area contributed by atoms with Gasteiger partial charge in [0.15, 0.2) is 0 Å². The van der Waals surface area contributed by atoms with Gasteiger partial charge < -0.3 is 9.52 Å². The molecule has 0 aliphatic carbocycles. The zero-order valence-electron chi connectivity index (χ0n) is 9.81. The molecule has 0 bridgehead atoms. The van der Waals surface area contributed by atoms with Gasteiger partial charge >= 0.3 is 0 Å². The van der Waals surface area contributed by atoms with Crippen LogP contribution in [-0.4, -0.2) is 5.11 Å². The number of hydrogen-bond acceptors (Lipinski definition) is 2. The maximum atomic E-state index is 13.1. The van der Waals surface area contributed by atoms with E-state index in [-0.39, 0.29) is 5.82 Å². The lowest BCUT2D eigenvalue weighted by atomic mass is 10.1. The summed E-state index contributed by atoms with van der Waals surface area (Å²) in [7, 11) is 0. The molecule has 0 saturated heterocycles. The van der Waals surface area contributed by atoms with Crippen molar-refractivity contribution >= 4 is 22.6 Å². The molecule has 0 saturated carbocycles. The minimum absolute atomic E-state index is 0.333. The predicted molar refractivity (Wildman–Crippen MR) is 71.7 cm³/mol. The summed E-state index contributed by atoms with van der Waals surface area (Å²) in [5.41, 5.74) is 1.22. The third-order valence-corrected chi connectivity index (χ3v) is 3.20. The van der Waals surface area contributed by atoms with Gasteiger partial charge in [-0.3, -0.25) is 0 Å². The Balaban J connectivity index is 2.01. The second-order valence-corrected chi connectivity index (χ2v) is 4.72. The van der Waals surface area contributed by atoms with Crippen LogP contribution in [0.5, 0.6) is 0 Å². The van der Waals surface area contributed by atoms with Gasteiger partial charge in [0.25, 0.3) is 0 Å². The summed E-state index contributed by atoms with van der Waals surface area (Å²) in [5, 5.41) is 11.4. The molecule has 0 aliphatic heterocycles. The van der Waals surface area contributed by atoms with Gasteiger partial charge in [0.1, 0.15) is 23.3 Å². The number of rotatable bonds is 2. The molecule has 4 heteroatoms. The quantitative estimate of drug-likeness (QED) is 0.757. The largest absolute Gasteiger partial charge is 0.458 e. The number of benzene rings is 2. The van der Waals surface area contributed by atoms with Gasteiger partial charge in [0, 0.05) is 10.4 Å². The van der Waals surface area contributed by atoms with Crippen LogP contribution in [0, 0.1) is 5.82 Å². The zero-order valence-corrected chi connectivity index (χ0v) is 10.6. The first kappa shape index (κ1) is 12.2. The Morgan fingerprint density at radius 3 is 2.53 bits per heavy atom. The topological polar surface area (TPSA) is 33.4 Å². The summed E-state index contributed by atoms with van der Waals surface area (Å²) in [4.78, 5) is 0. The van der Waals surface area contributed by atoms with E-state index in [0.29, 0.717) is 27.3 Å². The highest BCUT2D eigenvalue weighted by atomic mass is 35.5. The van der Waals surface area contributed by atoms with E-state index < -0.39 is 6.10 Å². The molecular weight excluding hydrogens is 267 g/mol. The molecule has 0 aliphatic rings. The second-order valence-electron chi connectivity index (χ2n) is 4.29. The van der Waals surface area contributed by atoms with E-state index in [9.17, 15) is 9.50 Å². The summed E-state index contributed by atoms with van der Waals surface area (Å²) in [5.74, 6) is 0.0451. The first-order valence-corrected chi connectivity index (χ1v) is 6.14. The predicted octanol–water partition coefficient (Wildman–Crippen LogP) is 4.31. The van der Waals surface area contributed by atoms with Crippen molar-refractivity contribution in [2.45, 2.75) is 6.10 Å². The highest BCUT2D eigenvalue weighted by molar-refractivity contribution is 6.30. The molecule has 0 radical (unpaired) electrons. The maximum Gasteiger partial charge on any atom is 0.138 e. The van der Waals surface area contributed by atoms with Crippen LogP contribution in [0.1, 0.15) is 17.4 Å². The molecule has 1 N–H and O–H groups in total. The van der Waals surface area contributed by atoms with Crippen LogP contribution >= 0.6 is 11.6 Å². The molecule has 0 spiro atoms. The van der Waals surface area contributed by atoms with E-state index in [1.165, 1.54) is 12.1 Å². The molecule has 1 atom stereocenters. The first-order valence-electron chi connectivity index (χ1n) is 5.76. The summed E-state index contributed by atoms with van der Waals surface area (Å²) < 4.78 is 18.6. The Kier molecular flexibility index (Phi) is 3.01. The number of hydrogen-bond donors (Lipinski definition) is 1. The summed E-state index contributed by atoms with van der Waals surface area (Å²) in [6.45, 7) is 0. The van der Waals surface area contributed by atoms with Gasteiger partial charge in [-0.25, -0.2) is 4.39 Å². The van der Waals surface area contributed by atoms with Crippen LogP contribution in [0.25, 0.3) is 11.0 Å². The standard InChI is InChI=1S/C15H10ClFO2/c16-11-3-1-9(2-4-11)15(18)14-8-10-7-12(17)5-6-13(10)19-14/h1-8,15,18H. The molecule has 2 nitrogen and oxygen atoms in total. The van der Waals surface area contributed by atoms with Crippen molar-refractivity contribution in [3.05, 3.63) is 70.7 Å². The van der Waals surface area contributed by atoms with Crippen LogP contribution in [0.3, 0.4) is 0 Å². The van der Waals surface area contributed by atoms with Crippen LogP contribution < -0.4 is 0 Å². The summed E-state index contributed by atoms with van der Waals surface area (Å²) in [6, 6.07) is 12.7. The van der Waals surface area contributed by atoms with Gasteiger partial charge in [-0.2, -0.15) is 0 Å². The highest BCUT2D eigenvalue weighted by Gasteiger charge is 2.15. The van der Waals surface area contributed by atoms with Gasteiger partial charge in [0.2, 0.25) is 0 Å². The van der Waals surface area contributed by atoms with Crippen LogP contribution in [-0.2, 0) is 0 Å². The average Bonchev–Trinajstić information content (AvgIpc) is 2.81. The van der Waals surface area contributed by atoms with Crippen molar-refractivity contribution in [3.63, 3.8) is 0 Å². The van der Waals surface area contributed by atoms with E-state index >= 15 is 0 Å². The lowest BCUT2D eigenvalue weighted by molar-refractivity contribution is 0.192. The summed E-state index contributed by atoms with van der Waals surface area (Å²) >= 11 is 5.80. The van der Waals surface area contributed by atoms with Crippen molar-refractivity contribution < 1.29 is 13.9 Å². The van der Waals surface area contributed by atoms with Crippen LogP contribution in [0.2, 0.25) is 5.02 Å². The van der Waals surface area contributed by atoms with Gasteiger partial charge in [-0.1, -0.05) is 23.7 Å². The molecule has 1 heterocycles. The smallest absolute Gasteiger partial charge is 0.138 e. The minimum atomic E-state index is -0.896. The third-order valence-electron chi connectivity index (χ3n) is 2.95. The Morgan fingerprint density at radius 1 is 1.05 bits per heavy atom. The number of furan rings is 1.